The van der Waals surface area contributed by atoms with Gasteiger partial charge >= 0.3 is 0 Å². The highest BCUT2D eigenvalue weighted by Crippen LogP contribution is 2.37. The van der Waals surface area contributed by atoms with Gasteiger partial charge in [-0.2, -0.15) is 0 Å². The van der Waals surface area contributed by atoms with Crippen molar-refractivity contribution >= 4 is 30.1 Å². The predicted molar refractivity (Wildman–Crippen MR) is 81.1 cm³/mol. The zero-order valence-electron chi connectivity index (χ0n) is 11.0. The van der Waals surface area contributed by atoms with E-state index in [9.17, 15) is 4.79 Å². The third-order valence-electron chi connectivity index (χ3n) is 3.71. The molecule has 1 amide bonds. The second-order valence-electron chi connectivity index (χ2n) is 5.00. The molecule has 1 saturated heterocycles. The molecular weight excluding hydrogens is 280 g/mol. The molecule has 5 heteroatoms. The second kappa shape index (κ2) is 6.16. The van der Waals surface area contributed by atoms with Crippen LogP contribution < -0.4 is 5.32 Å². The summed E-state index contributed by atoms with van der Waals surface area (Å²) >= 11 is 1.73. The van der Waals surface area contributed by atoms with Gasteiger partial charge in [0.1, 0.15) is 0 Å². The summed E-state index contributed by atoms with van der Waals surface area (Å²) < 4.78 is 0. The molecule has 2 heterocycles. The van der Waals surface area contributed by atoms with Gasteiger partial charge in [-0.1, -0.05) is 18.2 Å². The molecule has 0 bridgehead atoms. The molecule has 2 unspecified atom stereocenters. The summed E-state index contributed by atoms with van der Waals surface area (Å²) in [6, 6.07) is 8.67. The van der Waals surface area contributed by atoms with Gasteiger partial charge < -0.3 is 10.2 Å². The molecular formula is C14H19ClN2OS. The first kappa shape index (κ1) is 14.7. The quantitative estimate of drug-likeness (QED) is 0.860. The van der Waals surface area contributed by atoms with E-state index in [0.29, 0.717) is 11.9 Å². The molecule has 1 N–H and O–H groups in total. The molecule has 1 aromatic rings. The number of hydrogen-bond acceptors (Lipinski definition) is 3. The smallest absolute Gasteiger partial charge is 0.236 e. The summed E-state index contributed by atoms with van der Waals surface area (Å²) in [7, 11) is 0. The van der Waals surface area contributed by atoms with Crippen molar-refractivity contribution in [3.63, 3.8) is 0 Å². The second-order valence-corrected chi connectivity index (χ2v) is 6.25. The van der Waals surface area contributed by atoms with Crippen molar-refractivity contribution in [2.75, 3.05) is 19.6 Å². The lowest BCUT2D eigenvalue weighted by atomic mass is 10.1. The number of rotatable bonds is 1. The molecule has 0 radical (unpaired) electrons. The van der Waals surface area contributed by atoms with Crippen LogP contribution in [0, 0.1) is 0 Å². The highest BCUT2D eigenvalue weighted by molar-refractivity contribution is 8.01. The fourth-order valence-electron chi connectivity index (χ4n) is 2.67. The van der Waals surface area contributed by atoms with Crippen molar-refractivity contribution < 1.29 is 4.79 Å². The number of fused-ring (bicyclic) bond motifs is 1. The molecule has 0 aromatic heterocycles. The van der Waals surface area contributed by atoms with E-state index in [0.717, 1.165) is 26.1 Å². The summed E-state index contributed by atoms with van der Waals surface area (Å²) in [5.41, 5.74) is 1.32. The van der Waals surface area contributed by atoms with E-state index < -0.39 is 0 Å². The van der Waals surface area contributed by atoms with Gasteiger partial charge in [-0.25, -0.2) is 0 Å². The summed E-state index contributed by atoms with van der Waals surface area (Å²) in [5.74, 6) is 0.310. The lowest BCUT2D eigenvalue weighted by Gasteiger charge is -2.35. The number of halogens is 1. The highest BCUT2D eigenvalue weighted by atomic mass is 35.5. The predicted octanol–water partition coefficient (Wildman–Crippen LogP) is 1.95. The third kappa shape index (κ3) is 2.91. The van der Waals surface area contributed by atoms with Crippen LogP contribution in [0.15, 0.2) is 29.2 Å². The summed E-state index contributed by atoms with van der Waals surface area (Å²) in [4.78, 5) is 15.9. The molecule has 2 aliphatic heterocycles. The lowest BCUT2D eigenvalue weighted by molar-refractivity contribution is -0.133. The number of thioether (sulfide) groups is 1. The van der Waals surface area contributed by atoms with Crippen LogP contribution in [0.5, 0.6) is 0 Å². The van der Waals surface area contributed by atoms with E-state index in [1.807, 2.05) is 11.0 Å². The number of nitrogens with zero attached hydrogens (tertiary/aromatic N) is 1. The van der Waals surface area contributed by atoms with Gasteiger partial charge in [0.05, 0.1) is 5.25 Å². The summed E-state index contributed by atoms with van der Waals surface area (Å²) in [5, 5.41) is 3.41. The molecule has 3 nitrogen and oxygen atoms in total. The normalized spacial score (nSPS) is 25.6. The molecule has 1 aromatic carbocycles. The molecule has 2 aliphatic rings. The number of carbonyl (C=O) groups excluding carboxylic acids is 1. The maximum atomic E-state index is 12.6. The van der Waals surface area contributed by atoms with E-state index in [4.69, 9.17) is 0 Å². The number of amides is 1. The standard InChI is InChI=1S/C14H18N2OS.ClH/c1-10-9-15-6-7-16(10)14(17)13-8-11-4-2-3-5-12(11)18-13;/h2-5,10,13,15H,6-9H2,1H3;1H. The Morgan fingerprint density at radius 3 is 2.95 bits per heavy atom. The van der Waals surface area contributed by atoms with Crippen molar-refractivity contribution in [2.24, 2.45) is 0 Å². The minimum Gasteiger partial charge on any atom is -0.336 e. The van der Waals surface area contributed by atoms with Gasteiger partial charge in [0, 0.05) is 30.6 Å². The summed E-state index contributed by atoms with van der Waals surface area (Å²) in [6.45, 7) is 4.79. The number of hydrogen-bond donors (Lipinski definition) is 1. The van der Waals surface area contributed by atoms with Crippen molar-refractivity contribution in [1.82, 2.24) is 10.2 Å². The van der Waals surface area contributed by atoms with Crippen molar-refractivity contribution in [3.05, 3.63) is 29.8 Å². The topological polar surface area (TPSA) is 32.3 Å². The minimum absolute atomic E-state index is 0. The number of benzene rings is 1. The van der Waals surface area contributed by atoms with Crippen molar-refractivity contribution in [2.45, 2.75) is 29.5 Å². The van der Waals surface area contributed by atoms with E-state index in [1.165, 1.54) is 10.5 Å². The zero-order valence-corrected chi connectivity index (χ0v) is 12.6. The maximum absolute atomic E-state index is 12.6. The van der Waals surface area contributed by atoms with Gasteiger partial charge in [-0.3, -0.25) is 4.79 Å². The zero-order chi connectivity index (χ0) is 12.5. The Morgan fingerprint density at radius 2 is 2.21 bits per heavy atom. The van der Waals surface area contributed by atoms with Gasteiger partial charge in [0.15, 0.2) is 0 Å². The molecule has 0 spiro atoms. The summed E-state index contributed by atoms with van der Waals surface area (Å²) in [6.07, 6.45) is 0.885. The molecule has 0 aliphatic carbocycles. The Morgan fingerprint density at radius 1 is 1.42 bits per heavy atom. The average molecular weight is 299 g/mol. The van der Waals surface area contributed by atoms with Crippen LogP contribution in [0.2, 0.25) is 0 Å². The van der Waals surface area contributed by atoms with Crippen LogP contribution in [0.3, 0.4) is 0 Å². The van der Waals surface area contributed by atoms with E-state index in [2.05, 4.69) is 30.4 Å². The van der Waals surface area contributed by atoms with E-state index in [1.54, 1.807) is 11.8 Å². The van der Waals surface area contributed by atoms with E-state index in [-0.39, 0.29) is 17.7 Å². The van der Waals surface area contributed by atoms with Crippen LogP contribution in [0.1, 0.15) is 12.5 Å². The fraction of sp³-hybridized carbons (Fsp3) is 0.500. The third-order valence-corrected chi connectivity index (χ3v) is 5.01. The van der Waals surface area contributed by atoms with Crippen molar-refractivity contribution in [1.29, 1.82) is 0 Å². The van der Waals surface area contributed by atoms with Crippen LogP contribution in [0.4, 0.5) is 0 Å². The Hall–Kier alpha value is -0.710. The van der Waals surface area contributed by atoms with Crippen LogP contribution in [-0.2, 0) is 11.2 Å². The number of piperazine rings is 1. The first-order valence-electron chi connectivity index (χ1n) is 6.51. The minimum atomic E-state index is 0. The van der Waals surface area contributed by atoms with Crippen LogP contribution in [-0.4, -0.2) is 41.7 Å². The Bertz CT molecular complexity index is 444. The largest absolute Gasteiger partial charge is 0.336 e. The molecule has 104 valence electrons. The SMILES string of the molecule is CC1CNCCN1C(=O)C1Cc2ccccc2S1.Cl. The van der Waals surface area contributed by atoms with Gasteiger partial charge in [-0.15, -0.1) is 24.2 Å². The molecule has 2 atom stereocenters. The average Bonchev–Trinajstić information content (AvgIpc) is 2.82. The van der Waals surface area contributed by atoms with Crippen molar-refractivity contribution in [3.8, 4) is 0 Å². The van der Waals surface area contributed by atoms with Crippen LogP contribution >= 0.6 is 24.2 Å². The Kier molecular flexibility index (Phi) is 4.76. The maximum Gasteiger partial charge on any atom is 0.236 e. The molecule has 3 rings (SSSR count). The van der Waals surface area contributed by atoms with E-state index >= 15 is 0 Å². The molecule has 1 fully saturated rings. The van der Waals surface area contributed by atoms with Gasteiger partial charge in [0.2, 0.25) is 5.91 Å². The van der Waals surface area contributed by atoms with Crippen LogP contribution in [0.25, 0.3) is 0 Å². The molecule has 19 heavy (non-hydrogen) atoms. The first-order chi connectivity index (χ1) is 8.75. The van der Waals surface area contributed by atoms with Gasteiger partial charge in [0.25, 0.3) is 0 Å². The lowest BCUT2D eigenvalue weighted by Crippen LogP contribution is -2.54. The molecule has 0 saturated carbocycles. The Balaban J connectivity index is 0.00000133. The number of carbonyl (C=O) groups is 1. The fourth-order valence-corrected chi connectivity index (χ4v) is 3.94. The Labute approximate surface area is 124 Å². The highest BCUT2D eigenvalue weighted by Gasteiger charge is 2.33. The van der Waals surface area contributed by atoms with Gasteiger partial charge in [-0.05, 0) is 25.0 Å². The first-order valence-corrected chi connectivity index (χ1v) is 7.39. The number of nitrogens with one attached hydrogen (secondary N) is 1. The monoisotopic (exact) mass is 298 g/mol.